The van der Waals surface area contributed by atoms with Crippen LogP contribution in [0.5, 0.6) is 0 Å². The van der Waals surface area contributed by atoms with E-state index in [1.165, 1.54) is 0 Å². The van der Waals surface area contributed by atoms with Crippen LogP contribution in [0.1, 0.15) is 54.4 Å². The zero-order valence-electron chi connectivity index (χ0n) is 14.9. The predicted octanol–water partition coefficient (Wildman–Crippen LogP) is 3.07. The van der Waals surface area contributed by atoms with E-state index in [0.29, 0.717) is 0 Å². The summed E-state index contributed by atoms with van der Waals surface area (Å²) >= 11 is 0. The highest BCUT2D eigenvalue weighted by Crippen LogP contribution is 2.54. The van der Waals surface area contributed by atoms with Crippen molar-refractivity contribution >= 4 is 21.9 Å². The second kappa shape index (κ2) is 7.03. The van der Waals surface area contributed by atoms with Crippen molar-refractivity contribution in [3.8, 4) is 0 Å². The molecule has 0 spiro atoms. The fraction of sp³-hybridized carbons (Fsp3) is 0.875. The highest BCUT2D eigenvalue weighted by atomic mass is 32.3. The number of amides is 1. The average Bonchev–Trinajstić information content (AvgIpc) is 2.08. The lowest BCUT2D eigenvalue weighted by molar-refractivity contribution is -0.155. The Hall–Kier alpha value is -0.710. The summed E-state index contributed by atoms with van der Waals surface area (Å²) in [6, 6.07) is 0. The van der Waals surface area contributed by atoms with Gasteiger partial charge in [-0.2, -0.15) is 0 Å². The summed E-state index contributed by atoms with van der Waals surface area (Å²) in [5.41, 5.74) is 4.84. The van der Waals surface area contributed by atoms with Crippen LogP contribution >= 0.6 is 10.0 Å². The number of hydrogen-bond acceptors (Lipinski definition) is 3. The number of ether oxygens (including phenoxy) is 1. The zero-order valence-corrected chi connectivity index (χ0v) is 15.7. The molecule has 0 saturated carbocycles. The van der Waals surface area contributed by atoms with Crippen molar-refractivity contribution in [3.05, 3.63) is 0 Å². The van der Waals surface area contributed by atoms with Crippen LogP contribution in [0.15, 0.2) is 0 Å². The molecule has 0 radical (unpaired) electrons. The van der Waals surface area contributed by atoms with Crippen LogP contribution in [-0.2, 0) is 14.3 Å². The Balaban J connectivity index is 4.90. The van der Waals surface area contributed by atoms with Crippen molar-refractivity contribution in [3.63, 3.8) is 0 Å². The molecule has 0 aliphatic carbocycles. The van der Waals surface area contributed by atoms with Crippen molar-refractivity contribution in [2.24, 2.45) is 11.7 Å². The van der Waals surface area contributed by atoms with Gasteiger partial charge >= 0.3 is 5.97 Å². The van der Waals surface area contributed by atoms with E-state index in [1.54, 1.807) is 0 Å². The molecule has 2 N–H and O–H groups in total. The molecule has 0 aliphatic heterocycles. The fourth-order valence-electron chi connectivity index (χ4n) is 1.93. The maximum atomic E-state index is 12.0. The molecule has 21 heavy (non-hydrogen) atoms. The second-order valence-corrected chi connectivity index (χ2v) is 12.8. The number of carbonyl (C=O) groups excluding carboxylic acids is 2. The highest BCUT2D eigenvalue weighted by Gasteiger charge is 2.32. The monoisotopic (exact) mass is 319 g/mol. The van der Waals surface area contributed by atoms with E-state index < -0.39 is 15.6 Å². The minimum absolute atomic E-state index is 0.0402. The van der Waals surface area contributed by atoms with Crippen LogP contribution in [0.4, 0.5) is 0 Å². The van der Waals surface area contributed by atoms with Crippen LogP contribution in [0.2, 0.25) is 0 Å². The quantitative estimate of drug-likeness (QED) is 0.765. The zero-order chi connectivity index (χ0) is 17.1. The van der Waals surface area contributed by atoms with E-state index in [9.17, 15) is 9.59 Å². The van der Waals surface area contributed by atoms with Crippen LogP contribution < -0.4 is 5.73 Å². The molecule has 1 amide bonds. The minimum atomic E-state index is -0.947. The van der Waals surface area contributed by atoms with Gasteiger partial charge in [0, 0.05) is 12.8 Å². The molecule has 0 bridgehead atoms. The summed E-state index contributed by atoms with van der Waals surface area (Å²) in [4.78, 5) is 23.3. The van der Waals surface area contributed by atoms with Crippen molar-refractivity contribution in [2.45, 2.75) is 64.7 Å². The van der Waals surface area contributed by atoms with Gasteiger partial charge in [0.2, 0.25) is 5.91 Å². The second-order valence-electron chi connectivity index (χ2n) is 8.14. The first-order valence-corrected chi connectivity index (χ1v) is 9.96. The van der Waals surface area contributed by atoms with Crippen molar-refractivity contribution in [2.75, 3.05) is 18.3 Å². The third kappa shape index (κ3) is 8.34. The SMILES string of the molecule is CC(C)(C)OC(=O)C[C@@H](CC(N)=O)CS(C)(C)C(C)(C)C. The van der Waals surface area contributed by atoms with Crippen molar-refractivity contribution in [1.29, 1.82) is 0 Å². The van der Waals surface area contributed by atoms with Gasteiger partial charge in [0.05, 0.1) is 0 Å². The Kier molecular flexibility index (Phi) is 6.80. The summed E-state index contributed by atoms with van der Waals surface area (Å²) in [7, 11) is -0.947. The first kappa shape index (κ1) is 20.3. The molecule has 0 aromatic rings. The molecule has 0 aromatic carbocycles. The molecule has 0 heterocycles. The van der Waals surface area contributed by atoms with Crippen LogP contribution in [0.25, 0.3) is 0 Å². The minimum Gasteiger partial charge on any atom is -0.460 e. The lowest BCUT2D eigenvalue weighted by atomic mass is 10.0. The van der Waals surface area contributed by atoms with Gasteiger partial charge in [-0.25, -0.2) is 10.0 Å². The van der Waals surface area contributed by atoms with E-state index in [2.05, 4.69) is 33.3 Å². The summed E-state index contributed by atoms with van der Waals surface area (Å²) in [5, 5.41) is 0. The normalized spacial score (nSPS) is 15.4. The standard InChI is InChI=1S/C16H33NO3S/c1-15(2,3)20-14(19)10-12(9-13(17)18)11-21(7,8)16(4,5)6/h12H,9-11H2,1-8H3,(H2,17,18)/t12-/m1/s1. The maximum Gasteiger partial charge on any atom is 0.306 e. The number of carbonyl (C=O) groups is 2. The Morgan fingerprint density at radius 1 is 1.05 bits per heavy atom. The van der Waals surface area contributed by atoms with Gasteiger partial charge in [-0.1, -0.05) is 20.8 Å². The third-order valence-electron chi connectivity index (χ3n) is 3.68. The molecule has 4 nitrogen and oxygen atoms in total. The maximum absolute atomic E-state index is 12.0. The molecular formula is C16H33NO3S. The number of nitrogens with two attached hydrogens (primary N) is 1. The molecule has 5 heteroatoms. The molecule has 0 aromatic heterocycles. The first-order valence-electron chi connectivity index (χ1n) is 7.35. The summed E-state index contributed by atoms with van der Waals surface area (Å²) < 4.78 is 5.53. The molecule has 1 atom stereocenters. The molecule has 126 valence electrons. The van der Waals surface area contributed by atoms with E-state index in [1.807, 2.05) is 20.8 Å². The Morgan fingerprint density at radius 2 is 1.52 bits per heavy atom. The van der Waals surface area contributed by atoms with E-state index >= 15 is 0 Å². The average molecular weight is 320 g/mol. The largest absolute Gasteiger partial charge is 0.460 e. The predicted molar refractivity (Wildman–Crippen MR) is 91.8 cm³/mol. The lowest BCUT2D eigenvalue weighted by Crippen LogP contribution is -2.32. The van der Waals surface area contributed by atoms with Crippen LogP contribution in [-0.4, -0.2) is 40.5 Å². The Labute approximate surface area is 131 Å². The molecular weight excluding hydrogens is 286 g/mol. The van der Waals surface area contributed by atoms with Gasteiger partial charge in [0.15, 0.2) is 0 Å². The molecule has 0 fully saturated rings. The van der Waals surface area contributed by atoms with Crippen LogP contribution in [0.3, 0.4) is 0 Å². The molecule has 0 unspecified atom stereocenters. The van der Waals surface area contributed by atoms with Gasteiger partial charge in [0.1, 0.15) is 5.60 Å². The van der Waals surface area contributed by atoms with Crippen molar-refractivity contribution in [1.82, 2.24) is 0 Å². The summed E-state index contributed by atoms with van der Waals surface area (Å²) in [6.07, 6.45) is 4.99. The molecule has 0 saturated heterocycles. The number of esters is 1. The topological polar surface area (TPSA) is 69.4 Å². The van der Waals surface area contributed by atoms with Crippen LogP contribution in [0, 0.1) is 5.92 Å². The van der Waals surface area contributed by atoms with Gasteiger partial charge in [-0.3, -0.25) is 9.59 Å². The van der Waals surface area contributed by atoms with E-state index in [0.717, 1.165) is 5.75 Å². The van der Waals surface area contributed by atoms with Crippen molar-refractivity contribution < 1.29 is 14.3 Å². The highest BCUT2D eigenvalue weighted by molar-refractivity contribution is 8.33. The number of primary amides is 1. The van der Waals surface area contributed by atoms with Gasteiger partial charge in [0.25, 0.3) is 0 Å². The lowest BCUT2D eigenvalue weighted by Gasteiger charge is -2.46. The summed E-state index contributed by atoms with van der Waals surface area (Å²) in [5.74, 6) is 0.200. The molecule has 0 aliphatic rings. The van der Waals surface area contributed by atoms with Gasteiger partial charge < -0.3 is 10.5 Å². The fourth-order valence-corrected chi connectivity index (χ4v) is 3.85. The summed E-state index contributed by atoms with van der Waals surface area (Å²) in [6.45, 7) is 12.2. The Bertz CT molecular complexity index is 378. The molecule has 0 rings (SSSR count). The number of hydrogen-bond donors (Lipinski definition) is 1. The van der Waals surface area contributed by atoms with Gasteiger partial charge in [-0.05, 0) is 49.7 Å². The number of rotatable bonds is 6. The Morgan fingerprint density at radius 3 is 1.86 bits per heavy atom. The van der Waals surface area contributed by atoms with E-state index in [-0.39, 0.29) is 35.4 Å². The third-order valence-corrected chi connectivity index (χ3v) is 8.30. The van der Waals surface area contributed by atoms with E-state index in [4.69, 9.17) is 10.5 Å². The van der Waals surface area contributed by atoms with Gasteiger partial charge in [-0.15, -0.1) is 0 Å². The first-order chi connectivity index (χ1) is 9.14. The smallest absolute Gasteiger partial charge is 0.306 e.